The molecule has 2 aromatic heterocycles. The Morgan fingerprint density at radius 3 is 2.68 bits per heavy atom. The number of aromatic amines is 1. The summed E-state index contributed by atoms with van der Waals surface area (Å²) in [7, 11) is 1.05. The van der Waals surface area contributed by atoms with Crippen LogP contribution in [0.5, 0.6) is 5.75 Å². The van der Waals surface area contributed by atoms with E-state index in [1.54, 1.807) is 0 Å². The number of ether oxygens (including phenoxy) is 2. The van der Waals surface area contributed by atoms with Crippen LogP contribution >= 0.6 is 0 Å². The van der Waals surface area contributed by atoms with E-state index in [2.05, 4.69) is 20.3 Å². The van der Waals surface area contributed by atoms with Crippen LogP contribution in [0.1, 0.15) is 47.2 Å². The average molecular weight is 531 g/mol. The molecule has 6 N–H and O–H groups in total. The lowest BCUT2D eigenvalue weighted by atomic mass is 9.86. The zero-order valence-corrected chi connectivity index (χ0v) is 19.4. The summed E-state index contributed by atoms with van der Waals surface area (Å²) < 4.78 is 80.7. The number of pyridine rings is 1. The lowest BCUT2D eigenvalue weighted by molar-refractivity contribution is -0.265. The van der Waals surface area contributed by atoms with Crippen molar-refractivity contribution in [3.63, 3.8) is 0 Å². The van der Waals surface area contributed by atoms with Gasteiger partial charge < -0.3 is 35.7 Å². The predicted octanol–water partition coefficient (Wildman–Crippen LogP) is 2.63. The second-order valence-electron chi connectivity index (χ2n) is 8.64. The molecule has 1 aliphatic rings. The molecule has 1 saturated heterocycles. The van der Waals surface area contributed by atoms with Gasteiger partial charge in [0.25, 0.3) is 5.91 Å². The fourth-order valence-corrected chi connectivity index (χ4v) is 4.32. The van der Waals surface area contributed by atoms with E-state index in [0.717, 1.165) is 26.2 Å². The SMILES string of the molecule is COc1c([C@@H]2C[C@](C)(C(F)(F)F)O[C@H]2c2nc3c(C(N)=O)nc(NC(O)CO)cc3[nH]2)ccc(F)c1F. The van der Waals surface area contributed by atoms with Crippen molar-refractivity contribution < 1.29 is 46.4 Å². The minimum atomic E-state index is -4.84. The van der Waals surface area contributed by atoms with Gasteiger partial charge in [0.05, 0.1) is 19.2 Å². The molecule has 10 nitrogen and oxygen atoms in total. The van der Waals surface area contributed by atoms with Crippen LogP contribution < -0.4 is 15.8 Å². The highest BCUT2D eigenvalue weighted by molar-refractivity contribution is 6.03. The summed E-state index contributed by atoms with van der Waals surface area (Å²) in [5.74, 6) is -5.71. The zero-order valence-electron chi connectivity index (χ0n) is 19.4. The van der Waals surface area contributed by atoms with Gasteiger partial charge in [-0.2, -0.15) is 17.6 Å². The lowest BCUT2D eigenvalue weighted by Gasteiger charge is -2.27. The van der Waals surface area contributed by atoms with E-state index in [0.29, 0.717) is 0 Å². The first kappa shape index (κ1) is 26.5. The second kappa shape index (κ2) is 9.39. The summed E-state index contributed by atoms with van der Waals surface area (Å²) >= 11 is 0. The van der Waals surface area contributed by atoms with Crippen molar-refractivity contribution in [1.29, 1.82) is 0 Å². The molecule has 1 unspecified atom stereocenters. The molecule has 3 aromatic rings. The maximum absolute atomic E-state index is 14.5. The number of methoxy groups -OCH3 is 1. The van der Waals surface area contributed by atoms with Gasteiger partial charge in [-0.1, -0.05) is 6.07 Å². The highest BCUT2D eigenvalue weighted by Crippen LogP contribution is 2.56. The van der Waals surface area contributed by atoms with E-state index in [4.69, 9.17) is 20.3 Å². The Bertz CT molecular complexity index is 1350. The summed E-state index contributed by atoms with van der Waals surface area (Å²) in [4.78, 5) is 23.0. The van der Waals surface area contributed by atoms with Gasteiger partial charge in [-0.3, -0.25) is 4.79 Å². The third-order valence-corrected chi connectivity index (χ3v) is 6.12. The monoisotopic (exact) mass is 531 g/mol. The molecule has 1 amide bonds. The van der Waals surface area contributed by atoms with Crippen molar-refractivity contribution in [1.82, 2.24) is 15.0 Å². The summed E-state index contributed by atoms with van der Waals surface area (Å²) in [6.07, 6.45) is -8.44. The number of imidazole rings is 1. The number of carbonyl (C=O) groups is 1. The van der Waals surface area contributed by atoms with Crippen LogP contribution in [0.2, 0.25) is 0 Å². The molecule has 0 radical (unpaired) electrons. The molecule has 1 aromatic carbocycles. The number of aromatic nitrogens is 3. The molecular formula is C22H22F5N5O5. The molecule has 4 atom stereocenters. The van der Waals surface area contributed by atoms with Crippen LogP contribution in [-0.2, 0) is 4.74 Å². The first-order chi connectivity index (χ1) is 17.3. The maximum atomic E-state index is 14.5. The molecule has 0 spiro atoms. The highest BCUT2D eigenvalue weighted by Gasteiger charge is 2.61. The van der Waals surface area contributed by atoms with Gasteiger partial charge in [-0.25, -0.2) is 14.4 Å². The number of benzene rings is 1. The number of carbonyl (C=O) groups excluding carboxylic acids is 1. The zero-order chi connectivity index (χ0) is 27.3. The molecule has 200 valence electrons. The third kappa shape index (κ3) is 4.65. The molecule has 1 aliphatic heterocycles. The number of aliphatic hydroxyl groups is 2. The van der Waals surface area contributed by atoms with E-state index in [1.807, 2.05) is 0 Å². The highest BCUT2D eigenvalue weighted by atomic mass is 19.4. The van der Waals surface area contributed by atoms with Crippen LogP contribution in [0.15, 0.2) is 18.2 Å². The molecule has 1 fully saturated rings. The number of halogens is 5. The Morgan fingerprint density at radius 2 is 2.08 bits per heavy atom. The molecule has 0 bridgehead atoms. The van der Waals surface area contributed by atoms with Crippen LogP contribution in [0.3, 0.4) is 0 Å². The van der Waals surface area contributed by atoms with Crippen molar-refractivity contribution in [2.75, 3.05) is 19.0 Å². The Labute approximate surface area is 205 Å². The maximum Gasteiger partial charge on any atom is 0.417 e. The standard InChI is InChI=1S/C22H22F5N5O5/c1-21(22(25,26)27)6-9(8-3-4-10(23)14(24)17(8)36-2)18(37-21)20-29-11-5-12(30-13(34)7-33)31-16(19(28)35)15(11)32-20/h3-5,9,13,18,33-34H,6-7H2,1-2H3,(H2,28,35)(H,29,32)(H,30,31)/t9-,13?,18+,21+/m0/s1. The molecule has 15 heteroatoms. The minimum absolute atomic E-state index is 0.0819. The Kier molecular flexibility index (Phi) is 6.73. The summed E-state index contributed by atoms with van der Waals surface area (Å²) in [5, 5.41) is 21.1. The summed E-state index contributed by atoms with van der Waals surface area (Å²) in [6, 6.07) is 3.16. The van der Waals surface area contributed by atoms with Gasteiger partial charge in [0.2, 0.25) is 5.82 Å². The third-order valence-electron chi connectivity index (χ3n) is 6.12. The molecule has 37 heavy (non-hydrogen) atoms. The first-order valence-corrected chi connectivity index (χ1v) is 10.8. The number of aliphatic hydroxyl groups excluding tert-OH is 2. The molecule has 3 heterocycles. The van der Waals surface area contributed by atoms with Crippen LogP contribution in [0.4, 0.5) is 27.8 Å². The Morgan fingerprint density at radius 1 is 1.38 bits per heavy atom. The number of amides is 1. The Hall–Kier alpha value is -3.56. The number of anilines is 1. The predicted molar refractivity (Wildman–Crippen MR) is 118 cm³/mol. The van der Waals surface area contributed by atoms with Crippen LogP contribution in [0, 0.1) is 11.6 Å². The van der Waals surface area contributed by atoms with Crippen molar-refractivity contribution >= 4 is 22.8 Å². The van der Waals surface area contributed by atoms with Gasteiger partial charge >= 0.3 is 6.18 Å². The largest absolute Gasteiger partial charge is 0.493 e. The topological polar surface area (TPSA) is 156 Å². The normalized spacial score (nSPS) is 22.8. The summed E-state index contributed by atoms with van der Waals surface area (Å²) in [5.41, 5.74) is 2.22. The van der Waals surface area contributed by atoms with Gasteiger partial charge in [-0.15, -0.1) is 0 Å². The lowest BCUT2D eigenvalue weighted by Crippen LogP contribution is -2.41. The van der Waals surface area contributed by atoms with Gasteiger partial charge in [0.15, 0.2) is 22.9 Å². The number of nitrogens with one attached hydrogen (secondary N) is 2. The van der Waals surface area contributed by atoms with Gasteiger partial charge in [-0.05, 0) is 19.4 Å². The van der Waals surface area contributed by atoms with Gasteiger partial charge in [0, 0.05) is 17.5 Å². The molecular weight excluding hydrogens is 509 g/mol. The fraction of sp³-hybridized carbons (Fsp3) is 0.409. The van der Waals surface area contributed by atoms with E-state index >= 15 is 0 Å². The number of hydrogen-bond donors (Lipinski definition) is 5. The number of hydrogen-bond acceptors (Lipinski definition) is 8. The number of fused-ring (bicyclic) bond motifs is 1. The number of primary amides is 1. The van der Waals surface area contributed by atoms with Crippen molar-refractivity contribution in [2.45, 2.75) is 43.4 Å². The number of rotatable bonds is 7. The number of H-pyrrole nitrogens is 1. The van der Waals surface area contributed by atoms with E-state index in [1.165, 1.54) is 6.07 Å². The van der Waals surface area contributed by atoms with Crippen LogP contribution in [0.25, 0.3) is 11.0 Å². The minimum Gasteiger partial charge on any atom is -0.493 e. The number of nitrogens with two attached hydrogens (primary N) is 1. The van der Waals surface area contributed by atoms with E-state index in [9.17, 15) is 31.9 Å². The molecule has 4 rings (SSSR count). The van der Waals surface area contributed by atoms with Gasteiger partial charge in [0.1, 0.15) is 29.5 Å². The quantitative estimate of drug-likeness (QED) is 0.230. The fourth-order valence-electron chi connectivity index (χ4n) is 4.32. The van der Waals surface area contributed by atoms with E-state index in [-0.39, 0.29) is 33.9 Å². The second-order valence-corrected chi connectivity index (χ2v) is 8.64. The smallest absolute Gasteiger partial charge is 0.417 e. The Balaban J connectivity index is 1.88. The summed E-state index contributed by atoms with van der Waals surface area (Å²) in [6.45, 7) is 0.132. The van der Waals surface area contributed by atoms with Crippen molar-refractivity contribution in [3.8, 4) is 5.75 Å². The first-order valence-electron chi connectivity index (χ1n) is 10.8. The molecule has 0 aliphatic carbocycles. The van der Waals surface area contributed by atoms with E-state index < -0.39 is 66.3 Å². The number of alkyl halides is 3. The van der Waals surface area contributed by atoms with Crippen molar-refractivity contribution in [2.24, 2.45) is 5.73 Å². The molecule has 0 saturated carbocycles. The van der Waals surface area contributed by atoms with Crippen LogP contribution in [-0.4, -0.2) is 62.8 Å². The van der Waals surface area contributed by atoms with Crippen molar-refractivity contribution in [3.05, 3.63) is 46.9 Å². The average Bonchev–Trinajstić information content (AvgIpc) is 3.41. The number of nitrogens with zero attached hydrogens (tertiary/aromatic N) is 2.